The molecule has 0 aliphatic rings. The maximum absolute atomic E-state index is 12.8. The van der Waals surface area contributed by atoms with Crippen LogP contribution in [0.25, 0.3) is 11.0 Å². The summed E-state index contributed by atoms with van der Waals surface area (Å²) < 4.78 is 3.16. The van der Waals surface area contributed by atoms with E-state index in [2.05, 4.69) is 10.6 Å². The van der Waals surface area contributed by atoms with E-state index >= 15 is 0 Å². The van der Waals surface area contributed by atoms with Crippen molar-refractivity contribution in [3.63, 3.8) is 0 Å². The third-order valence-corrected chi connectivity index (χ3v) is 4.66. The van der Waals surface area contributed by atoms with Crippen LogP contribution in [-0.2, 0) is 17.9 Å². The lowest BCUT2D eigenvalue weighted by Gasteiger charge is -2.11. The molecule has 0 radical (unpaired) electrons. The molecule has 3 rings (SSSR count). The lowest BCUT2D eigenvalue weighted by atomic mass is 10.1. The van der Waals surface area contributed by atoms with Crippen molar-refractivity contribution in [2.75, 3.05) is 11.9 Å². The van der Waals surface area contributed by atoms with Crippen molar-refractivity contribution in [1.29, 1.82) is 0 Å². The van der Waals surface area contributed by atoms with Crippen LogP contribution in [0.15, 0.2) is 53.3 Å². The molecule has 1 aromatic heterocycles. The lowest BCUT2D eigenvalue weighted by Crippen LogP contribution is -2.30. The number of carbonyl (C=O) groups excluding carboxylic acids is 2. The molecule has 0 aliphatic carbocycles. The second-order valence-electron chi connectivity index (χ2n) is 6.86. The number of nitrogens with zero attached hydrogens (tertiary/aromatic N) is 2. The fourth-order valence-electron chi connectivity index (χ4n) is 3.32. The Morgan fingerprint density at radius 2 is 1.55 bits per heavy atom. The number of nitrogens with one attached hydrogen (secondary N) is 2. The number of amides is 2. The molecule has 0 spiro atoms. The number of hydrogen-bond donors (Lipinski definition) is 2. The highest BCUT2D eigenvalue weighted by Gasteiger charge is 2.17. The number of imidazole rings is 1. The van der Waals surface area contributed by atoms with E-state index in [1.54, 1.807) is 28.8 Å². The minimum Gasteiger partial charge on any atom is -0.352 e. The molecule has 2 N–H and O–H groups in total. The zero-order valence-electron chi connectivity index (χ0n) is 16.8. The van der Waals surface area contributed by atoms with Gasteiger partial charge >= 0.3 is 5.69 Å². The molecule has 7 nitrogen and oxygen atoms in total. The highest BCUT2D eigenvalue weighted by molar-refractivity contribution is 6.03. The van der Waals surface area contributed by atoms with Gasteiger partial charge in [-0.15, -0.1) is 0 Å². The second kappa shape index (κ2) is 9.23. The van der Waals surface area contributed by atoms with E-state index in [0.29, 0.717) is 24.3 Å². The van der Waals surface area contributed by atoms with Crippen LogP contribution in [0.4, 0.5) is 5.69 Å². The first kappa shape index (κ1) is 20.4. The van der Waals surface area contributed by atoms with Crippen molar-refractivity contribution in [3.8, 4) is 0 Å². The first-order valence-corrected chi connectivity index (χ1v) is 9.92. The zero-order valence-corrected chi connectivity index (χ0v) is 16.8. The van der Waals surface area contributed by atoms with Gasteiger partial charge in [-0.05, 0) is 37.1 Å². The highest BCUT2D eigenvalue weighted by atomic mass is 16.2. The maximum Gasteiger partial charge on any atom is 0.329 e. The van der Waals surface area contributed by atoms with Gasteiger partial charge in [-0.25, -0.2) is 4.79 Å². The monoisotopic (exact) mass is 394 g/mol. The third kappa shape index (κ3) is 4.39. The minimum atomic E-state index is -0.359. The molecule has 0 atom stereocenters. The lowest BCUT2D eigenvalue weighted by molar-refractivity contribution is -0.116. The molecule has 0 unspecified atom stereocenters. The molecule has 29 heavy (non-hydrogen) atoms. The first-order chi connectivity index (χ1) is 14.1. The molecule has 0 saturated carbocycles. The van der Waals surface area contributed by atoms with Gasteiger partial charge in [-0.1, -0.05) is 38.1 Å². The Balaban J connectivity index is 1.85. The fraction of sp³-hybridized carbons (Fsp3) is 0.318. The van der Waals surface area contributed by atoms with Gasteiger partial charge in [0.2, 0.25) is 5.91 Å². The van der Waals surface area contributed by atoms with Crippen LogP contribution < -0.4 is 16.3 Å². The molecule has 2 aromatic carbocycles. The van der Waals surface area contributed by atoms with Crippen LogP contribution in [0.5, 0.6) is 0 Å². The average Bonchev–Trinajstić information content (AvgIpc) is 2.98. The predicted molar refractivity (Wildman–Crippen MR) is 114 cm³/mol. The summed E-state index contributed by atoms with van der Waals surface area (Å²) in [6.45, 7) is 5.01. The molecular weight excluding hydrogens is 368 g/mol. The van der Waals surface area contributed by atoms with Gasteiger partial charge in [-0.2, -0.15) is 0 Å². The van der Waals surface area contributed by atoms with Crippen LogP contribution in [0, 0.1) is 0 Å². The Morgan fingerprint density at radius 1 is 0.897 bits per heavy atom. The molecule has 0 fully saturated rings. The smallest absolute Gasteiger partial charge is 0.329 e. The number of fused-ring (bicyclic) bond motifs is 1. The summed E-state index contributed by atoms with van der Waals surface area (Å²) in [5.41, 5.74) is 2.14. The Kier molecular flexibility index (Phi) is 6.49. The number of aryl methyl sites for hydroxylation is 1. The molecule has 2 amide bonds. The van der Waals surface area contributed by atoms with E-state index in [9.17, 15) is 14.4 Å². The largest absolute Gasteiger partial charge is 0.352 e. The van der Waals surface area contributed by atoms with Crippen molar-refractivity contribution < 1.29 is 9.59 Å². The van der Waals surface area contributed by atoms with E-state index in [1.165, 1.54) is 4.57 Å². The average molecular weight is 394 g/mol. The summed E-state index contributed by atoms with van der Waals surface area (Å²) in [5, 5.41) is 5.59. The summed E-state index contributed by atoms with van der Waals surface area (Å²) in [4.78, 5) is 37.9. The van der Waals surface area contributed by atoms with E-state index in [-0.39, 0.29) is 24.0 Å². The SMILES string of the molecule is CCCNC(=O)c1ccccc1NC(=O)Cn1c(=O)n(CCC)c2ccccc21. The Hall–Kier alpha value is -3.35. The standard InChI is InChI=1S/C22H26N4O3/c1-3-13-23-21(28)16-9-5-6-10-17(16)24-20(27)15-26-19-12-8-7-11-18(19)25(14-4-2)22(26)29/h5-12H,3-4,13-15H2,1-2H3,(H,23,28)(H,24,27). The normalized spacial score (nSPS) is 10.8. The number of carbonyl (C=O) groups is 2. The van der Waals surface area contributed by atoms with Gasteiger partial charge in [-0.3, -0.25) is 18.7 Å². The van der Waals surface area contributed by atoms with Crippen LogP contribution >= 0.6 is 0 Å². The summed E-state index contributed by atoms with van der Waals surface area (Å²) in [6, 6.07) is 14.3. The Bertz CT molecular complexity index is 1080. The van der Waals surface area contributed by atoms with Gasteiger partial charge in [0.05, 0.1) is 22.3 Å². The van der Waals surface area contributed by atoms with Crippen LogP contribution in [0.3, 0.4) is 0 Å². The van der Waals surface area contributed by atoms with Gasteiger partial charge in [0.25, 0.3) is 5.91 Å². The number of hydrogen-bond acceptors (Lipinski definition) is 3. The molecule has 0 saturated heterocycles. The molecule has 152 valence electrons. The van der Waals surface area contributed by atoms with Crippen molar-refractivity contribution in [2.45, 2.75) is 39.8 Å². The quantitative estimate of drug-likeness (QED) is 0.616. The highest BCUT2D eigenvalue weighted by Crippen LogP contribution is 2.16. The van der Waals surface area contributed by atoms with E-state index in [0.717, 1.165) is 23.9 Å². The molecule has 1 heterocycles. The van der Waals surface area contributed by atoms with E-state index in [4.69, 9.17) is 0 Å². The summed E-state index contributed by atoms with van der Waals surface area (Å²) in [5.74, 6) is -0.596. The predicted octanol–water partition coefficient (Wildman–Crippen LogP) is 2.99. The van der Waals surface area contributed by atoms with Crippen molar-refractivity contribution >= 4 is 28.5 Å². The summed E-state index contributed by atoms with van der Waals surface area (Å²) in [7, 11) is 0. The molecule has 7 heteroatoms. The van der Waals surface area contributed by atoms with Crippen molar-refractivity contribution in [3.05, 3.63) is 64.6 Å². The summed E-state index contributed by atoms with van der Waals surface area (Å²) in [6.07, 6.45) is 1.64. The maximum atomic E-state index is 12.8. The minimum absolute atomic E-state index is 0.124. The Labute approximate surface area is 169 Å². The molecular formula is C22H26N4O3. The van der Waals surface area contributed by atoms with Crippen LogP contribution in [0.1, 0.15) is 37.0 Å². The third-order valence-electron chi connectivity index (χ3n) is 4.66. The number of rotatable bonds is 8. The van der Waals surface area contributed by atoms with Gasteiger partial charge in [0, 0.05) is 13.1 Å². The van der Waals surface area contributed by atoms with Crippen molar-refractivity contribution in [2.24, 2.45) is 0 Å². The number of anilines is 1. The summed E-state index contributed by atoms with van der Waals surface area (Å²) >= 11 is 0. The number of benzene rings is 2. The topological polar surface area (TPSA) is 85.1 Å². The molecule has 0 bridgehead atoms. The van der Waals surface area contributed by atoms with Crippen LogP contribution in [-0.4, -0.2) is 27.5 Å². The number of para-hydroxylation sites is 3. The van der Waals surface area contributed by atoms with Crippen LogP contribution in [0.2, 0.25) is 0 Å². The fourth-order valence-corrected chi connectivity index (χ4v) is 3.32. The van der Waals surface area contributed by atoms with Gasteiger partial charge in [0.15, 0.2) is 0 Å². The van der Waals surface area contributed by atoms with Crippen molar-refractivity contribution in [1.82, 2.24) is 14.5 Å². The van der Waals surface area contributed by atoms with E-state index < -0.39 is 0 Å². The second-order valence-corrected chi connectivity index (χ2v) is 6.86. The van der Waals surface area contributed by atoms with Gasteiger partial charge < -0.3 is 10.6 Å². The zero-order chi connectivity index (χ0) is 20.8. The van der Waals surface area contributed by atoms with Gasteiger partial charge in [0.1, 0.15) is 6.54 Å². The number of aromatic nitrogens is 2. The molecule has 0 aliphatic heterocycles. The molecule has 3 aromatic rings. The Morgan fingerprint density at radius 3 is 2.24 bits per heavy atom. The van der Waals surface area contributed by atoms with E-state index in [1.807, 2.05) is 38.1 Å². The first-order valence-electron chi connectivity index (χ1n) is 9.92.